The molecule has 3 atom stereocenters. The van der Waals surface area contributed by atoms with Crippen molar-refractivity contribution in [3.8, 4) is 0 Å². The van der Waals surface area contributed by atoms with Crippen molar-refractivity contribution in [2.24, 2.45) is 17.6 Å². The summed E-state index contributed by atoms with van der Waals surface area (Å²) in [5.41, 5.74) is 7.53. The van der Waals surface area contributed by atoms with Crippen molar-refractivity contribution < 1.29 is 5.11 Å². The zero-order valence-corrected chi connectivity index (χ0v) is 13.3. The maximum absolute atomic E-state index is 10.2. The van der Waals surface area contributed by atoms with Crippen LogP contribution in [0, 0.1) is 11.8 Å². The topological polar surface area (TPSA) is 49.5 Å². The average Bonchev–Trinajstić information content (AvgIpc) is 3.29. The number of likely N-dealkylation sites (N-methyl/N-ethyl adjacent to an activating group) is 1. The highest BCUT2D eigenvalue weighted by Crippen LogP contribution is 2.58. The van der Waals surface area contributed by atoms with Crippen LogP contribution in [0.25, 0.3) is 0 Å². The van der Waals surface area contributed by atoms with Gasteiger partial charge in [-0.15, -0.1) is 0 Å². The third-order valence-electron chi connectivity index (χ3n) is 5.46. The Morgan fingerprint density at radius 3 is 2.48 bits per heavy atom. The van der Waals surface area contributed by atoms with Crippen LogP contribution < -0.4 is 5.73 Å². The predicted octanol–water partition coefficient (Wildman–Crippen LogP) is 2.39. The van der Waals surface area contributed by atoms with Gasteiger partial charge in [-0.1, -0.05) is 43.7 Å². The van der Waals surface area contributed by atoms with E-state index in [1.54, 1.807) is 0 Å². The fourth-order valence-corrected chi connectivity index (χ4v) is 4.04. The van der Waals surface area contributed by atoms with Gasteiger partial charge < -0.3 is 15.7 Å². The highest BCUT2D eigenvalue weighted by molar-refractivity contribution is 5.20. The molecule has 3 rings (SSSR count). The highest BCUT2D eigenvalue weighted by atomic mass is 16.3. The van der Waals surface area contributed by atoms with Gasteiger partial charge in [0.25, 0.3) is 0 Å². The Morgan fingerprint density at radius 2 is 1.90 bits per heavy atom. The Labute approximate surface area is 128 Å². The number of benzene rings is 1. The van der Waals surface area contributed by atoms with Crippen LogP contribution >= 0.6 is 0 Å². The van der Waals surface area contributed by atoms with Gasteiger partial charge in [0, 0.05) is 18.6 Å². The van der Waals surface area contributed by atoms with Crippen LogP contribution in [0.1, 0.15) is 38.2 Å². The molecular weight excluding hydrogens is 260 g/mol. The number of hydrogen-bond acceptors (Lipinski definition) is 3. The second-order valence-corrected chi connectivity index (χ2v) is 7.32. The largest absolute Gasteiger partial charge is 0.390 e. The summed E-state index contributed by atoms with van der Waals surface area (Å²) in [6.45, 7) is 4.08. The van der Waals surface area contributed by atoms with Crippen LogP contribution in [-0.4, -0.2) is 34.7 Å². The molecule has 3 heteroatoms. The summed E-state index contributed by atoms with van der Waals surface area (Å²) in [5.74, 6) is 1.06. The average molecular weight is 288 g/mol. The van der Waals surface area contributed by atoms with E-state index in [2.05, 4.69) is 43.1 Å². The molecule has 2 aliphatic carbocycles. The number of hydrogen-bond donors (Lipinski definition) is 2. The number of rotatable bonds is 7. The van der Waals surface area contributed by atoms with E-state index < -0.39 is 0 Å². The van der Waals surface area contributed by atoms with Gasteiger partial charge in [-0.25, -0.2) is 0 Å². The summed E-state index contributed by atoms with van der Waals surface area (Å²) in [5, 5.41) is 10.2. The van der Waals surface area contributed by atoms with E-state index in [9.17, 15) is 5.11 Å². The SMILES string of the molecule is CC[C@H]1[C@H](CC2(O)CC2)[C@@]1(N)CN(C)Cc1ccccc1. The van der Waals surface area contributed by atoms with E-state index in [1.165, 1.54) is 5.56 Å². The first-order valence-corrected chi connectivity index (χ1v) is 8.20. The molecule has 0 unspecified atom stereocenters. The number of aliphatic hydroxyl groups is 1. The maximum Gasteiger partial charge on any atom is 0.0653 e. The molecule has 0 amide bonds. The molecule has 0 radical (unpaired) electrons. The van der Waals surface area contributed by atoms with Gasteiger partial charge in [0.2, 0.25) is 0 Å². The molecule has 3 nitrogen and oxygen atoms in total. The summed E-state index contributed by atoms with van der Waals surface area (Å²) >= 11 is 0. The van der Waals surface area contributed by atoms with E-state index in [0.29, 0.717) is 11.8 Å². The Kier molecular flexibility index (Phi) is 3.85. The Morgan fingerprint density at radius 1 is 1.24 bits per heavy atom. The fourth-order valence-electron chi connectivity index (χ4n) is 4.04. The molecule has 0 aromatic heterocycles. The molecule has 2 saturated carbocycles. The van der Waals surface area contributed by atoms with Crippen LogP contribution in [0.15, 0.2) is 30.3 Å². The predicted molar refractivity (Wildman–Crippen MR) is 85.8 cm³/mol. The van der Waals surface area contributed by atoms with Gasteiger partial charge in [0.05, 0.1) is 5.60 Å². The van der Waals surface area contributed by atoms with Gasteiger partial charge in [-0.3, -0.25) is 0 Å². The molecular formula is C18H28N2O. The zero-order chi connectivity index (χ0) is 15.1. The van der Waals surface area contributed by atoms with Gasteiger partial charge >= 0.3 is 0 Å². The monoisotopic (exact) mass is 288 g/mol. The van der Waals surface area contributed by atoms with E-state index in [4.69, 9.17) is 5.73 Å². The number of nitrogens with zero attached hydrogens (tertiary/aromatic N) is 1. The molecule has 21 heavy (non-hydrogen) atoms. The summed E-state index contributed by atoms with van der Waals surface area (Å²) in [7, 11) is 2.15. The lowest BCUT2D eigenvalue weighted by Crippen LogP contribution is -2.40. The van der Waals surface area contributed by atoms with Gasteiger partial charge in [-0.05, 0) is 43.7 Å². The second kappa shape index (κ2) is 5.38. The van der Waals surface area contributed by atoms with E-state index >= 15 is 0 Å². The van der Waals surface area contributed by atoms with Crippen LogP contribution in [0.2, 0.25) is 0 Å². The van der Waals surface area contributed by atoms with Gasteiger partial charge in [0.1, 0.15) is 0 Å². The van der Waals surface area contributed by atoms with E-state index in [0.717, 1.165) is 38.8 Å². The van der Waals surface area contributed by atoms with Crippen molar-refractivity contribution in [3.63, 3.8) is 0 Å². The molecule has 1 aromatic rings. The summed E-state index contributed by atoms with van der Waals surface area (Å²) in [6.07, 6.45) is 3.96. The van der Waals surface area contributed by atoms with Crippen molar-refractivity contribution in [1.82, 2.24) is 4.90 Å². The molecule has 0 bridgehead atoms. The molecule has 116 valence electrons. The highest BCUT2D eigenvalue weighted by Gasteiger charge is 2.63. The first-order chi connectivity index (χ1) is 9.97. The number of nitrogens with two attached hydrogens (primary N) is 1. The minimum absolute atomic E-state index is 0.101. The molecule has 1 aromatic carbocycles. The molecule has 0 spiro atoms. The summed E-state index contributed by atoms with van der Waals surface area (Å²) < 4.78 is 0. The van der Waals surface area contributed by atoms with Crippen molar-refractivity contribution in [1.29, 1.82) is 0 Å². The minimum atomic E-state index is -0.378. The van der Waals surface area contributed by atoms with E-state index in [1.807, 2.05) is 6.07 Å². The smallest absolute Gasteiger partial charge is 0.0653 e. The quantitative estimate of drug-likeness (QED) is 0.810. The van der Waals surface area contributed by atoms with Crippen molar-refractivity contribution in [3.05, 3.63) is 35.9 Å². The third kappa shape index (κ3) is 3.15. The van der Waals surface area contributed by atoms with Crippen molar-refractivity contribution >= 4 is 0 Å². The second-order valence-electron chi connectivity index (χ2n) is 7.32. The van der Waals surface area contributed by atoms with E-state index in [-0.39, 0.29) is 11.1 Å². The lowest BCUT2D eigenvalue weighted by molar-refractivity contribution is 0.127. The van der Waals surface area contributed by atoms with Crippen LogP contribution in [0.3, 0.4) is 0 Å². The third-order valence-corrected chi connectivity index (χ3v) is 5.46. The Hall–Kier alpha value is -0.900. The molecule has 0 saturated heterocycles. The maximum atomic E-state index is 10.2. The first-order valence-electron chi connectivity index (χ1n) is 8.20. The fraction of sp³-hybridized carbons (Fsp3) is 0.667. The minimum Gasteiger partial charge on any atom is -0.390 e. The lowest BCUT2D eigenvalue weighted by Gasteiger charge is -2.23. The Balaban J connectivity index is 1.57. The molecule has 3 N–H and O–H groups in total. The Bertz CT molecular complexity index is 485. The van der Waals surface area contributed by atoms with Crippen LogP contribution in [0.5, 0.6) is 0 Å². The standard InChI is InChI=1S/C18H28N2O/c1-3-15-16(11-17(21)9-10-17)18(15,19)13-20(2)12-14-7-5-4-6-8-14/h4-8,15-16,21H,3,9-13,19H2,1-2H3/t15-,16-,18+/m0/s1. The molecule has 0 heterocycles. The normalized spacial score (nSPS) is 33.2. The molecule has 2 fully saturated rings. The molecule has 2 aliphatic rings. The van der Waals surface area contributed by atoms with Crippen LogP contribution in [0.4, 0.5) is 0 Å². The van der Waals surface area contributed by atoms with Crippen molar-refractivity contribution in [2.45, 2.75) is 50.3 Å². The van der Waals surface area contributed by atoms with Gasteiger partial charge in [0.15, 0.2) is 0 Å². The van der Waals surface area contributed by atoms with Crippen molar-refractivity contribution in [2.75, 3.05) is 13.6 Å². The first kappa shape index (κ1) is 15.0. The summed E-state index contributed by atoms with van der Waals surface area (Å²) in [4.78, 5) is 2.33. The van der Waals surface area contributed by atoms with Crippen LogP contribution in [-0.2, 0) is 6.54 Å². The van der Waals surface area contributed by atoms with Gasteiger partial charge in [-0.2, -0.15) is 0 Å². The zero-order valence-electron chi connectivity index (χ0n) is 13.3. The summed E-state index contributed by atoms with van der Waals surface area (Å²) in [6, 6.07) is 10.5. The molecule has 0 aliphatic heterocycles. The lowest BCUT2D eigenvalue weighted by atomic mass is 10.1.